The predicted molar refractivity (Wildman–Crippen MR) is 78.0 cm³/mol. The summed E-state index contributed by atoms with van der Waals surface area (Å²) in [5.74, 6) is 0.437. The molecule has 0 amide bonds. The van der Waals surface area contributed by atoms with E-state index in [2.05, 4.69) is 20.3 Å². The summed E-state index contributed by atoms with van der Waals surface area (Å²) in [5.41, 5.74) is 0. The van der Waals surface area contributed by atoms with Crippen LogP contribution in [0.1, 0.15) is 20.3 Å². The van der Waals surface area contributed by atoms with E-state index in [9.17, 15) is 0 Å². The highest BCUT2D eigenvalue weighted by molar-refractivity contribution is 5.27. The van der Waals surface area contributed by atoms with Gasteiger partial charge >= 0.3 is 12.0 Å². The number of hydrogen-bond donors (Lipinski definition) is 1. The van der Waals surface area contributed by atoms with Gasteiger partial charge in [-0.25, -0.2) is 0 Å². The van der Waals surface area contributed by atoms with Gasteiger partial charge in [0, 0.05) is 26.9 Å². The van der Waals surface area contributed by atoms with Crippen LogP contribution in [-0.4, -0.2) is 61.6 Å². The van der Waals surface area contributed by atoms with Crippen LogP contribution in [0.15, 0.2) is 0 Å². The van der Waals surface area contributed by atoms with Crippen LogP contribution in [0.4, 0.5) is 5.95 Å². The van der Waals surface area contributed by atoms with Crippen LogP contribution in [0, 0.1) is 0 Å². The second-order valence-electron chi connectivity index (χ2n) is 3.99. The van der Waals surface area contributed by atoms with Crippen LogP contribution in [0.3, 0.4) is 0 Å². The van der Waals surface area contributed by atoms with Crippen LogP contribution in [0.2, 0.25) is 0 Å². The lowest BCUT2D eigenvalue weighted by Crippen LogP contribution is -2.12. The molecule has 8 nitrogen and oxygen atoms in total. The van der Waals surface area contributed by atoms with Gasteiger partial charge in [0.05, 0.1) is 13.2 Å². The van der Waals surface area contributed by atoms with E-state index in [1.165, 1.54) is 0 Å². The van der Waals surface area contributed by atoms with Crippen LogP contribution in [0.5, 0.6) is 12.0 Å². The third-order valence-corrected chi connectivity index (χ3v) is 2.30. The molecule has 0 atom stereocenters. The number of anilines is 1. The summed E-state index contributed by atoms with van der Waals surface area (Å²) in [7, 11) is 1.67. The third kappa shape index (κ3) is 7.62. The average Bonchev–Trinajstić information content (AvgIpc) is 2.47. The predicted octanol–water partition coefficient (Wildman–Crippen LogP) is 1.13. The van der Waals surface area contributed by atoms with Crippen molar-refractivity contribution < 1.29 is 18.9 Å². The van der Waals surface area contributed by atoms with Gasteiger partial charge in [-0.15, -0.1) is 4.98 Å². The summed E-state index contributed by atoms with van der Waals surface area (Å²) < 4.78 is 21.0. The van der Waals surface area contributed by atoms with Crippen molar-refractivity contribution in [1.29, 1.82) is 0 Å². The fourth-order valence-electron chi connectivity index (χ4n) is 1.43. The Bertz CT molecular complexity index is 368. The van der Waals surface area contributed by atoms with Crippen molar-refractivity contribution in [3.05, 3.63) is 0 Å². The van der Waals surface area contributed by atoms with E-state index < -0.39 is 0 Å². The first-order valence-electron chi connectivity index (χ1n) is 7.12. The molecule has 1 aromatic rings. The van der Waals surface area contributed by atoms with Crippen molar-refractivity contribution in [1.82, 2.24) is 15.0 Å². The Morgan fingerprint density at radius 3 is 2.33 bits per heavy atom. The maximum Gasteiger partial charge on any atom is 0.324 e. The number of rotatable bonds is 12. The highest BCUT2D eigenvalue weighted by atomic mass is 16.5. The molecule has 0 fully saturated rings. The fourth-order valence-corrected chi connectivity index (χ4v) is 1.43. The Hall–Kier alpha value is -1.67. The molecule has 0 saturated carbocycles. The zero-order valence-electron chi connectivity index (χ0n) is 12.9. The van der Waals surface area contributed by atoms with Gasteiger partial charge in [-0.2, -0.15) is 9.97 Å². The maximum absolute atomic E-state index is 5.45. The minimum atomic E-state index is 0.227. The molecule has 21 heavy (non-hydrogen) atoms. The molecule has 1 heterocycles. The lowest BCUT2D eigenvalue weighted by molar-refractivity contribution is 0.0780. The molecule has 0 aliphatic rings. The molecule has 0 unspecified atom stereocenters. The Morgan fingerprint density at radius 2 is 1.67 bits per heavy atom. The number of nitrogens with zero attached hydrogens (tertiary/aromatic N) is 3. The van der Waals surface area contributed by atoms with Gasteiger partial charge in [-0.1, -0.05) is 0 Å². The molecule has 1 N–H and O–H groups in total. The molecule has 0 aromatic carbocycles. The lowest BCUT2D eigenvalue weighted by atomic mass is 10.5. The first-order chi connectivity index (χ1) is 10.3. The van der Waals surface area contributed by atoms with Crippen molar-refractivity contribution in [2.24, 2.45) is 0 Å². The minimum Gasteiger partial charge on any atom is -0.464 e. The van der Waals surface area contributed by atoms with Crippen molar-refractivity contribution in [2.75, 3.05) is 52.0 Å². The highest BCUT2D eigenvalue weighted by Crippen LogP contribution is 2.12. The van der Waals surface area contributed by atoms with Crippen LogP contribution in [-0.2, 0) is 9.47 Å². The van der Waals surface area contributed by atoms with Gasteiger partial charge in [0.1, 0.15) is 6.61 Å². The summed E-state index contributed by atoms with van der Waals surface area (Å²) in [6.07, 6.45) is 0.862. The van der Waals surface area contributed by atoms with Crippen molar-refractivity contribution >= 4 is 5.95 Å². The van der Waals surface area contributed by atoms with E-state index in [4.69, 9.17) is 18.9 Å². The van der Waals surface area contributed by atoms with Gasteiger partial charge in [-0.3, -0.25) is 0 Å². The molecular weight excluding hydrogens is 276 g/mol. The molecule has 0 bridgehead atoms. The summed E-state index contributed by atoms with van der Waals surface area (Å²) in [6.45, 7) is 7.18. The van der Waals surface area contributed by atoms with Crippen LogP contribution >= 0.6 is 0 Å². The fraction of sp³-hybridized carbons (Fsp3) is 0.769. The summed E-state index contributed by atoms with van der Waals surface area (Å²) in [5, 5.41) is 3.00. The van der Waals surface area contributed by atoms with Gasteiger partial charge in [0.25, 0.3) is 0 Å². The second-order valence-corrected chi connectivity index (χ2v) is 3.99. The first kappa shape index (κ1) is 17.4. The maximum atomic E-state index is 5.45. The Balaban J connectivity index is 2.38. The molecule has 0 spiro atoms. The molecule has 0 aliphatic carbocycles. The monoisotopic (exact) mass is 300 g/mol. The second kappa shape index (κ2) is 11.0. The number of hydrogen-bond acceptors (Lipinski definition) is 8. The quantitative estimate of drug-likeness (QED) is 0.575. The van der Waals surface area contributed by atoms with Crippen LogP contribution < -0.4 is 14.8 Å². The summed E-state index contributed by atoms with van der Waals surface area (Å²) >= 11 is 0. The third-order valence-electron chi connectivity index (χ3n) is 2.30. The number of ether oxygens (including phenoxy) is 4. The zero-order chi connectivity index (χ0) is 15.3. The first-order valence-corrected chi connectivity index (χ1v) is 7.12. The Morgan fingerprint density at radius 1 is 0.905 bits per heavy atom. The molecule has 1 aromatic heterocycles. The zero-order valence-corrected chi connectivity index (χ0v) is 12.9. The van der Waals surface area contributed by atoms with Gasteiger partial charge in [-0.05, 0) is 20.3 Å². The van der Waals surface area contributed by atoms with E-state index in [-0.39, 0.29) is 12.0 Å². The van der Waals surface area contributed by atoms with Crippen molar-refractivity contribution in [2.45, 2.75) is 20.3 Å². The largest absolute Gasteiger partial charge is 0.464 e. The SMILES string of the molecule is CCNc1nc(OCC)nc(OCCOCCCOC)n1. The smallest absolute Gasteiger partial charge is 0.324 e. The topological polar surface area (TPSA) is 87.6 Å². The standard InChI is InChI=1S/C13H24N4O4/c1-4-14-11-15-12(20-5-2)17-13(16-11)21-10-9-19-8-6-7-18-3/h4-10H2,1-3H3,(H,14,15,16,17). The van der Waals surface area contributed by atoms with E-state index in [1.807, 2.05) is 13.8 Å². The molecule has 0 saturated heterocycles. The van der Waals surface area contributed by atoms with Gasteiger partial charge < -0.3 is 24.3 Å². The normalized spacial score (nSPS) is 10.4. The molecule has 120 valence electrons. The Labute approximate surface area is 125 Å². The lowest BCUT2D eigenvalue weighted by Gasteiger charge is -2.09. The van der Waals surface area contributed by atoms with E-state index >= 15 is 0 Å². The molecule has 0 aliphatic heterocycles. The van der Waals surface area contributed by atoms with Gasteiger partial charge in [0.2, 0.25) is 5.95 Å². The highest BCUT2D eigenvalue weighted by Gasteiger charge is 2.07. The molecule has 8 heteroatoms. The average molecular weight is 300 g/mol. The van der Waals surface area contributed by atoms with Crippen molar-refractivity contribution in [3.63, 3.8) is 0 Å². The Kier molecular flexibility index (Phi) is 9.14. The summed E-state index contributed by atoms with van der Waals surface area (Å²) in [6, 6.07) is 0.476. The van der Waals surface area contributed by atoms with E-state index in [0.717, 1.165) is 6.42 Å². The molecular formula is C13H24N4O4. The van der Waals surface area contributed by atoms with E-state index in [0.29, 0.717) is 45.5 Å². The number of methoxy groups -OCH3 is 1. The van der Waals surface area contributed by atoms with Gasteiger partial charge in [0.15, 0.2) is 0 Å². The molecule has 1 rings (SSSR count). The molecule has 0 radical (unpaired) electrons. The number of nitrogens with one attached hydrogen (secondary N) is 1. The minimum absolute atomic E-state index is 0.227. The summed E-state index contributed by atoms with van der Waals surface area (Å²) in [4.78, 5) is 12.3. The van der Waals surface area contributed by atoms with E-state index in [1.54, 1.807) is 7.11 Å². The van der Waals surface area contributed by atoms with Crippen LogP contribution in [0.25, 0.3) is 0 Å². The van der Waals surface area contributed by atoms with Crippen molar-refractivity contribution in [3.8, 4) is 12.0 Å². The number of aromatic nitrogens is 3.